The second kappa shape index (κ2) is 5.22. The highest BCUT2D eigenvalue weighted by atomic mass is 19.1. The Hall–Kier alpha value is -2.16. The van der Waals surface area contributed by atoms with E-state index >= 15 is 0 Å². The van der Waals surface area contributed by atoms with Crippen molar-refractivity contribution < 1.29 is 13.9 Å². The van der Waals surface area contributed by atoms with Crippen molar-refractivity contribution >= 4 is 5.78 Å². The summed E-state index contributed by atoms with van der Waals surface area (Å²) < 4.78 is 18.5. The number of methoxy groups -OCH3 is 1. The highest BCUT2D eigenvalue weighted by Crippen LogP contribution is 2.23. The number of ketones is 1. The van der Waals surface area contributed by atoms with E-state index in [2.05, 4.69) is 0 Å². The second-order valence-corrected chi connectivity index (χ2v) is 4.50. The molecule has 0 amide bonds. The maximum absolute atomic E-state index is 13.2. The third-order valence-electron chi connectivity index (χ3n) is 3.02. The van der Waals surface area contributed by atoms with Crippen LogP contribution in [0.4, 0.5) is 4.39 Å². The Labute approximate surface area is 111 Å². The molecule has 0 aromatic heterocycles. The first kappa shape index (κ1) is 13.3. The number of hydrogen-bond donors (Lipinski definition) is 0. The summed E-state index contributed by atoms with van der Waals surface area (Å²) in [6.45, 7) is 3.57. The lowest BCUT2D eigenvalue weighted by molar-refractivity contribution is 0.103. The van der Waals surface area contributed by atoms with Crippen LogP contribution in [0.1, 0.15) is 27.0 Å². The van der Waals surface area contributed by atoms with E-state index in [9.17, 15) is 9.18 Å². The van der Waals surface area contributed by atoms with Gasteiger partial charge in [0.15, 0.2) is 5.78 Å². The summed E-state index contributed by atoms with van der Waals surface area (Å²) in [6.07, 6.45) is 0. The summed E-state index contributed by atoms with van der Waals surface area (Å²) in [5.74, 6) is 0.0550. The van der Waals surface area contributed by atoms with E-state index < -0.39 is 0 Å². The molecule has 3 heteroatoms. The molecule has 0 saturated heterocycles. The summed E-state index contributed by atoms with van der Waals surface area (Å²) in [6, 6.07) is 9.75. The molecule has 0 aliphatic heterocycles. The first-order valence-corrected chi connectivity index (χ1v) is 5.98. The van der Waals surface area contributed by atoms with E-state index in [0.29, 0.717) is 22.4 Å². The van der Waals surface area contributed by atoms with Gasteiger partial charge in [-0.25, -0.2) is 4.39 Å². The molecule has 0 radical (unpaired) electrons. The maximum atomic E-state index is 13.2. The monoisotopic (exact) mass is 258 g/mol. The van der Waals surface area contributed by atoms with Crippen molar-refractivity contribution in [3.05, 3.63) is 64.5 Å². The first-order chi connectivity index (χ1) is 9.02. The largest absolute Gasteiger partial charge is 0.496 e. The Kier molecular flexibility index (Phi) is 3.65. The number of carbonyl (C=O) groups excluding carboxylic acids is 1. The van der Waals surface area contributed by atoms with Gasteiger partial charge in [0, 0.05) is 5.56 Å². The summed E-state index contributed by atoms with van der Waals surface area (Å²) in [5, 5.41) is 0. The lowest BCUT2D eigenvalue weighted by atomic mass is 9.99. The molecule has 98 valence electrons. The van der Waals surface area contributed by atoms with Gasteiger partial charge in [-0.1, -0.05) is 6.07 Å². The fourth-order valence-corrected chi connectivity index (χ4v) is 1.93. The van der Waals surface area contributed by atoms with Gasteiger partial charge in [-0.2, -0.15) is 0 Å². The highest BCUT2D eigenvalue weighted by Gasteiger charge is 2.15. The normalized spacial score (nSPS) is 10.3. The number of carbonyl (C=O) groups is 1. The van der Waals surface area contributed by atoms with E-state index in [0.717, 1.165) is 5.56 Å². The van der Waals surface area contributed by atoms with Crippen LogP contribution in [0.15, 0.2) is 36.4 Å². The van der Waals surface area contributed by atoms with Crippen LogP contribution in [0.3, 0.4) is 0 Å². The van der Waals surface area contributed by atoms with Crippen LogP contribution < -0.4 is 4.74 Å². The van der Waals surface area contributed by atoms with Gasteiger partial charge in [-0.05, 0) is 55.3 Å². The van der Waals surface area contributed by atoms with Crippen molar-refractivity contribution in [1.29, 1.82) is 0 Å². The third kappa shape index (κ3) is 2.65. The van der Waals surface area contributed by atoms with E-state index in [1.807, 2.05) is 19.1 Å². The van der Waals surface area contributed by atoms with Crippen LogP contribution in [0.5, 0.6) is 5.75 Å². The molecule has 0 aliphatic rings. The molecule has 0 heterocycles. The predicted molar refractivity (Wildman–Crippen MR) is 72.3 cm³/mol. The minimum Gasteiger partial charge on any atom is -0.496 e. The molecule has 0 spiro atoms. The average Bonchev–Trinajstić information content (AvgIpc) is 2.41. The standard InChI is InChI=1S/C16H15FO2/c1-10-4-6-13(15(8-10)19-3)16(18)12-5-7-14(17)11(2)9-12/h4-9H,1-3H3. The number of rotatable bonds is 3. The van der Waals surface area contributed by atoms with Crippen LogP contribution >= 0.6 is 0 Å². The van der Waals surface area contributed by atoms with Crippen molar-refractivity contribution in [3.63, 3.8) is 0 Å². The minimum absolute atomic E-state index is 0.167. The van der Waals surface area contributed by atoms with Crippen LogP contribution in [0.2, 0.25) is 0 Å². The van der Waals surface area contributed by atoms with Gasteiger partial charge in [0.25, 0.3) is 0 Å². The molecule has 0 N–H and O–H groups in total. The van der Waals surface area contributed by atoms with Crippen molar-refractivity contribution in [2.75, 3.05) is 7.11 Å². The van der Waals surface area contributed by atoms with Gasteiger partial charge < -0.3 is 4.74 Å². The van der Waals surface area contributed by atoms with E-state index in [1.165, 1.54) is 19.2 Å². The van der Waals surface area contributed by atoms with Crippen molar-refractivity contribution in [1.82, 2.24) is 0 Å². The third-order valence-corrected chi connectivity index (χ3v) is 3.02. The molecular formula is C16H15FO2. The highest BCUT2D eigenvalue weighted by molar-refractivity contribution is 6.10. The summed E-state index contributed by atoms with van der Waals surface area (Å²) >= 11 is 0. The summed E-state index contributed by atoms with van der Waals surface area (Å²) in [4.78, 5) is 12.4. The zero-order valence-electron chi connectivity index (χ0n) is 11.2. The van der Waals surface area contributed by atoms with Gasteiger partial charge in [-0.3, -0.25) is 4.79 Å². The Morgan fingerprint density at radius 1 is 1.11 bits per heavy atom. The predicted octanol–water partition coefficient (Wildman–Crippen LogP) is 3.68. The molecule has 0 atom stereocenters. The van der Waals surface area contributed by atoms with Gasteiger partial charge in [0.2, 0.25) is 0 Å². The number of hydrogen-bond acceptors (Lipinski definition) is 2. The molecule has 2 rings (SSSR count). The SMILES string of the molecule is COc1cc(C)ccc1C(=O)c1ccc(F)c(C)c1. The van der Waals surface area contributed by atoms with Gasteiger partial charge in [-0.15, -0.1) is 0 Å². The number of aryl methyl sites for hydroxylation is 2. The van der Waals surface area contributed by atoms with Crippen molar-refractivity contribution in [2.45, 2.75) is 13.8 Å². The quantitative estimate of drug-likeness (QED) is 0.785. The molecule has 2 aromatic carbocycles. The first-order valence-electron chi connectivity index (χ1n) is 5.98. The maximum Gasteiger partial charge on any atom is 0.196 e. The summed E-state index contributed by atoms with van der Waals surface area (Å²) in [7, 11) is 1.53. The molecule has 2 nitrogen and oxygen atoms in total. The zero-order valence-corrected chi connectivity index (χ0v) is 11.2. The topological polar surface area (TPSA) is 26.3 Å². The van der Waals surface area contributed by atoms with E-state index in [4.69, 9.17) is 4.74 Å². The Morgan fingerprint density at radius 3 is 2.47 bits per heavy atom. The molecule has 0 aliphatic carbocycles. The number of benzene rings is 2. The number of ether oxygens (including phenoxy) is 1. The van der Waals surface area contributed by atoms with Gasteiger partial charge >= 0.3 is 0 Å². The van der Waals surface area contributed by atoms with Crippen molar-refractivity contribution in [2.24, 2.45) is 0 Å². The van der Waals surface area contributed by atoms with Crippen molar-refractivity contribution in [3.8, 4) is 5.75 Å². The minimum atomic E-state index is -0.313. The van der Waals surface area contributed by atoms with E-state index in [1.54, 1.807) is 19.1 Å². The molecule has 2 aromatic rings. The fraction of sp³-hybridized carbons (Fsp3) is 0.188. The molecule has 19 heavy (non-hydrogen) atoms. The molecule has 0 bridgehead atoms. The smallest absolute Gasteiger partial charge is 0.196 e. The van der Waals surface area contributed by atoms with Crippen LogP contribution in [-0.4, -0.2) is 12.9 Å². The molecule has 0 unspecified atom stereocenters. The molecule has 0 fully saturated rings. The Bertz CT molecular complexity index is 633. The van der Waals surface area contributed by atoms with Gasteiger partial charge in [0.1, 0.15) is 11.6 Å². The number of halogens is 1. The van der Waals surface area contributed by atoms with Crippen LogP contribution in [0.25, 0.3) is 0 Å². The Balaban J connectivity index is 2.46. The summed E-state index contributed by atoms with van der Waals surface area (Å²) in [5.41, 5.74) is 2.42. The zero-order chi connectivity index (χ0) is 14.0. The lowest BCUT2D eigenvalue weighted by Crippen LogP contribution is -2.05. The van der Waals surface area contributed by atoms with Crippen LogP contribution in [0, 0.1) is 19.7 Å². The molecular weight excluding hydrogens is 243 g/mol. The van der Waals surface area contributed by atoms with Gasteiger partial charge in [0.05, 0.1) is 12.7 Å². The molecule has 0 saturated carbocycles. The Morgan fingerprint density at radius 2 is 1.84 bits per heavy atom. The lowest BCUT2D eigenvalue weighted by Gasteiger charge is -2.09. The second-order valence-electron chi connectivity index (χ2n) is 4.50. The fourth-order valence-electron chi connectivity index (χ4n) is 1.93. The van der Waals surface area contributed by atoms with E-state index in [-0.39, 0.29) is 11.6 Å². The van der Waals surface area contributed by atoms with Crippen LogP contribution in [-0.2, 0) is 0 Å². The average molecular weight is 258 g/mol.